The number of hydrogen-bond acceptors (Lipinski definition) is 1. The van der Waals surface area contributed by atoms with Gasteiger partial charge in [0.25, 0.3) is 0 Å². The van der Waals surface area contributed by atoms with Crippen LogP contribution in [0.4, 0.5) is 0 Å². The third kappa shape index (κ3) is 5.17. The number of fused-ring (bicyclic) bond motifs is 7. The van der Waals surface area contributed by atoms with Crippen LogP contribution in [0.3, 0.4) is 0 Å². The highest BCUT2D eigenvalue weighted by molar-refractivity contribution is 7.73. The third-order valence-corrected chi connectivity index (χ3v) is 14.5. The Bertz CT molecular complexity index is 943. The average Bonchev–Trinajstić information content (AvgIpc) is 3.15. The standard InChI is InChI=1S/C36H50NP/c1-3-13-31(14-4-1)38(32-15-5-2-6-16-32)24-23-37-25-29-21-19-27-11-7-9-17-33(27)35(29)36-30(26-37)22-20-28-12-8-10-18-34(28)36/h1-6,13-16,27-30,33-36H,7-12,17-26H2/t27?,28?,29-,30-,33?,34?,35?,36?/m1/s1. The fourth-order valence-electron chi connectivity index (χ4n) is 10.6. The van der Waals surface area contributed by atoms with Crippen LogP contribution >= 0.6 is 7.92 Å². The molecule has 0 N–H and O–H groups in total. The lowest BCUT2D eigenvalue weighted by Crippen LogP contribution is -2.48. The minimum absolute atomic E-state index is 0.290. The molecule has 0 amide bonds. The van der Waals surface area contributed by atoms with E-state index in [1.807, 2.05) is 0 Å². The molecule has 204 valence electrons. The van der Waals surface area contributed by atoms with E-state index >= 15 is 0 Å². The van der Waals surface area contributed by atoms with E-state index in [0.717, 1.165) is 47.3 Å². The number of benzene rings is 2. The first kappa shape index (κ1) is 25.8. The Balaban J connectivity index is 1.15. The lowest BCUT2D eigenvalue weighted by molar-refractivity contribution is -0.0556. The van der Waals surface area contributed by atoms with Gasteiger partial charge in [-0.2, -0.15) is 0 Å². The molecule has 8 atom stereocenters. The number of likely N-dealkylation sites (tertiary alicyclic amines) is 1. The summed E-state index contributed by atoms with van der Waals surface area (Å²) in [5, 5.41) is 3.12. The number of hydrogen-bond donors (Lipinski definition) is 0. The molecule has 0 aromatic heterocycles. The first-order valence-electron chi connectivity index (χ1n) is 16.4. The van der Waals surface area contributed by atoms with Gasteiger partial charge in [-0.15, -0.1) is 0 Å². The van der Waals surface area contributed by atoms with E-state index in [1.165, 1.54) is 64.3 Å². The van der Waals surface area contributed by atoms with Gasteiger partial charge < -0.3 is 4.90 Å². The molecule has 7 rings (SSSR count). The molecular weight excluding hydrogens is 477 g/mol. The summed E-state index contributed by atoms with van der Waals surface area (Å²) in [5.74, 6) is 8.35. The summed E-state index contributed by atoms with van der Waals surface area (Å²) in [6.07, 6.45) is 19.8. The molecular formula is C36H50NP. The molecule has 0 spiro atoms. The van der Waals surface area contributed by atoms with Crippen molar-refractivity contribution in [2.24, 2.45) is 47.3 Å². The first-order valence-corrected chi connectivity index (χ1v) is 18.0. The topological polar surface area (TPSA) is 3.24 Å². The zero-order valence-corrected chi connectivity index (χ0v) is 24.5. The quantitative estimate of drug-likeness (QED) is 0.355. The van der Waals surface area contributed by atoms with Crippen LogP contribution in [0.1, 0.15) is 77.0 Å². The molecule has 5 fully saturated rings. The van der Waals surface area contributed by atoms with Crippen LogP contribution < -0.4 is 10.6 Å². The van der Waals surface area contributed by atoms with Gasteiger partial charge in [0.1, 0.15) is 0 Å². The van der Waals surface area contributed by atoms with Crippen molar-refractivity contribution >= 4 is 18.5 Å². The second-order valence-corrected chi connectivity index (χ2v) is 16.2. The Morgan fingerprint density at radius 2 is 0.974 bits per heavy atom. The van der Waals surface area contributed by atoms with Gasteiger partial charge in [-0.3, -0.25) is 0 Å². The molecule has 1 heterocycles. The second-order valence-electron chi connectivity index (χ2n) is 13.8. The van der Waals surface area contributed by atoms with Crippen LogP contribution in [-0.4, -0.2) is 30.7 Å². The maximum Gasteiger partial charge on any atom is 0.00269 e. The molecule has 5 aliphatic rings. The summed E-state index contributed by atoms with van der Waals surface area (Å²) < 4.78 is 0. The van der Waals surface area contributed by atoms with Crippen LogP contribution in [0.25, 0.3) is 0 Å². The van der Waals surface area contributed by atoms with E-state index in [-0.39, 0.29) is 7.92 Å². The highest BCUT2D eigenvalue weighted by atomic mass is 31.1. The Kier molecular flexibility index (Phi) is 7.97. The lowest BCUT2D eigenvalue weighted by atomic mass is 9.50. The molecule has 4 aliphatic carbocycles. The monoisotopic (exact) mass is 527 g/mol. The summed E-state index contributed by atoms with van der Waals surface area (Å²) in [6, 6.07) is 22.9. The number of nitrogens with zero attached hydrogens (tertiary/aromatic N) is 1. The molecule has 1 aliphatic heterocycles. The Hall–Kier alpha value is -1.17. The van der Waals surface area contributed by atoms with E-state index in [1.54, 1.807) is 49.1 Å². The van der Waals surface area contributed by atoms with Crippen LogP contribution in [0.2, 0.25) is 0 Å². The van der Waals surface area contributed by atoms with E-state index in [9.17, 15) is 0 Å². The Labute approximate surface area is 233 Å². The molecule has 0 radical (unpaired) electrons. The van der Waals surface area contributed by atoms with Gasteiger partial charge in [-0.1, -0.05) is 99.2 Å². The Morgan fingerprint density at radius 3 is 1.47 bits per heavy atom. The normalized spacial score (nSPS) is 37.4. The minimum atomic E-state index is -0.290. The van der Waals surface area contributed by atoms with Crippen molar-refractivity contribution in [3.05, 3.63) is 60.7 Å². The van der Waals surface area contributed by atoms with Gasteiger partial charge in [-0.25, -0.2) is 0 Å². The molecule has 6 unspecified atom stereocenters. The minimum Gasteiger partial charge on any atom is -0.302 e. The molecule has 2 heteroatoms. The average molecular weight is 528 g/mol. The highest BCUT2D eigenvalue weighted by Crippen LogP contribution is 2.59. The molecule has 2 aromatic carbocycles. The molecule has 4 saturated carbocycles. The first-order chi connectivity index (χ1) is 18.8. The molecule has 0 bridgehead atoms. The van der Waals surface area contributed by atoms with E-state index < -0.39 is 0 Å². The van der Waals surface area contributed by atoms with Gasteiger partial charge in [0.2, 0.25) is 0 Å². The van der Waals surface area contributed by atoms with Crippen molar-refractivity contribution in [1.29, 1.82) is 0 Å². The predicted octanol–water partition coefficient (Wildman–Crippen LogP) is 8.10. The molecule has 38 heavy (non-hydrogen) atoms. The third-order valence-electron chi connectivity index (χ3n) is 12.0. The van der Waals surface area contributed by atoms with Crippen LogP contribution in [0.5, 0.6) is 0 Å². The van der Waals surface area contributed by atoms with Crippen molar-refractivity contribution < 1.29 is 0 Å². The van der Waals surface area contributed by atoms with Crippen molar-refractivity contribution in [3.63, 3.8) is 0 Å². The zero-order valence-electron chi connectivity index (χ0n) is 23.6. The second kappa shape index (κ2) is 11.7. The molecule has 2 aromatic rings. The fraction of sp³-hybridized carbons (Fsp3) is 0.667. The van der Waals surface area contributed by atoms with Crippen molar-refractivity contribution in [3.8, 4) is 0 Å². The molecule has 1 saturated heterocycles. The van der Waals surface area contributed by atoms with Crippen LogP contribution in [0.15, 0.2) is 60.7 Å². The van der Waals surface area contributed by atoms with E-state index in [4.69, 9.17) is 0 Å². The lowest BCUT2D eigenvalue weighted by Gasteiger charge is -2.55. The maximum atomic E-state index is 3.02. The molecule has 1 nitrogen and oxygen atoms in total. The van der Waals surface area contributed by atoms with Gasteiger partial charge in [-0.05, 0) is 111 Å². The predicted molar refractivity (Wildman–Crippen MR) is 164 cm³/mol. The van der Waals surface area contributed by atoms with Crippen molar-refractivity contribution in [2.75, 3.05) is 25.8 Å². The zero-order chi connectivity index (χ0) is 25.3. The summed E-state index contributed by atoms with van der Waals surface area (Å²) in [6.45, 7) is 4.11. The summed E-state index contributed by atoms with van der Waals surface area (Å²) in [4.78, 5) is 3.02. The summed E-state index contributed by atoms with van der Waals surface area (Å²) in [5.41, 5.74) is 0. The maximum absolute atomic E-state index is 3.02. The van der Waals surface area contributed by atoms with Crippen molar-refractivity contribution in [2.45, 2.75) is 77.0 Å². The van der Waals surface area contributed by atoms with Crippen molar-refractivity contribution in [1.82, 2.24) is 4.90 Å². The highest BCUT2D eigenvalue weighted by Gasteiger charge is 2.53. The van der Waals surface area contributed by atoms with E-state index in [0.29, 0.717) is 0 Å². The summed E-state index contributed by atoms with van der Waals surface area (Å²) >= 11 is 0. The van der Waals surface area contributed by atoms with Gasteiger partial charge in [0.05, 0.1) is 0 Å². The fourth-order valence-corrected chi connectivity index (χ4v) is 12.9. The Morgan fingerprint density at radius 1 is 0.526 bits per heavy atom. The van der Waals surface area contributed by atoms with Gasteiger partial charge in [0, 0.05) is 19.6 Å². The van der Waals surface area contributed by atoms with E-state index in [2.05, 4.69) is 65.6 Å². The summed E-state index contributed by atoms with van der Waals surface area (Å²) in [7, 11) is -0.290. The van der Waals surface area contributed by atoms with Gasteiger partial charge >= 0.3 is 0 Å². The SMILES string of the molecule is c1ccc(P(CCN2C[C@H]3CCC4CCCCC4C3C3C4CCCCC4CC[C@@H]3C2)c2ccccc2)cc1. The largest absolute Gasteiger partial charge is 0.302 e. The van der Waals surface area contributed by atoms with Crippen LogP contribution in [0, 0.1) is 47.3 Å². The smallest absolute Gasteiger partial charge is 0.00269 e. The van der Waals surface area contributed by atoms with Gasteiger partial charge in [0.15, 0.2) is 0 Å². The van der Waals surface area contributed by atoms with Crippen LogP contribution in [-0.2, 0) is 0 Å². The number of rotatable bonds is 5.